The van der Waals surface area contributed by atoms with Crippen LogP contribution in [-0.2, 0) is 4.79 Å². The summed E-state index contributed by atoms with van der Waals surface area (Å²) in [5, 5.41) is 41.0. The van der Waals surface area contributed by atoms with Crippen LogP contribution >= 0.6 is 0 Å². The van der Waals surface area contributed by atoms with E-state index < -0.39 is 29.4 Å². The molecule has 160 valence electrons. The first kappa shape index (κ1) is 21.6. The molecule has 2 aromatic heterocycles. The third-order valence-electron chi connectivity index (χ3n) is 4.81. The maximum atomic E-state index is 11.5. The number of fused-ring (bicyclic) bond motifs is 2. The number of ether oxygens (including phenoxy) is 1. The molecular weight excluding hydrogens is 396 g/mol. The maximum absolute atomic E-state index is 11.5. The highest BCUT2D eigenvalue weighted by Crippen LogP contribution is 2.35. The topological polar surface area (TPSA) is 151 Å². The molecule has 1 aromatic carbocycles. The Morgan fingerprint density at radius 1 is 1.23 bits per heavy atom. The molecule has 0 amide bonds. The number of carbonyl (C=O) groups is 1. The van der Waals surface area contributed by atoms with E-state index in [1.54, 1.807) is 12.1 Å². The zero-order valence-corrected chi connectivity index (χ0v) is 16.4. The van der Waals surface area contributed by atoms with Crippen molar-refractivity contribution in [2.75, 3.05) is 6.61 Å². The van der Waals surface area contributed by atoms with Gasteiger partial charge < -0.3 is 34.0 Å². The first-order valence-corrected chi connectivity index (χ1v) is 9.15. The van der Waals surface area contributed by atoms with E-state index >= 15 is 0 Å². The molecule has 0 radical (unpaired) electrons. The van der Waals surface area contributed by atoms with Crippen LogP contribution < -0.4 is 10.4 Å². The second-order valence-corrected chi connectivity index (χ2v) is 7.31. The number of aliphatic hydroxyl groups is 3. The van der Waals surface area contributed by atoms with Crippen LogP contribution in [0.2, 0.25) is 0 Å². The molecule has 9 heteroatoms. The van der Waals surface area contributed by atoms with E-state index in [0.717, 1.165) is 6.08 Å². The SMILES string of the molecule is C/C(=C\[C@H](O)C[C@](C)(O)[C@H](O)COc1c2ccoc2cc2oc(=O)ccc12)C(=O)O. The van der Waals surface area contributed by atoms with E-state index in [2.05, 4.69) is 0 Å². The van der Waals surface area contributed by atoms with Crippen molar-refractivity contribution < 1.29 is 38.8 Å². The molecular formula is C21H22O9. The van der Waals surface area contributed by atoms with E-state index in [4.69, 9.17) is 18.7 Å². The van der Waals surface area contributed by atoms with Crippen molar-refractivity contribution >= 4 is 27.9 Å². The number of furan rings is 1. The lowest BCUT2D eigenvalue weighted by atomic mass is 9.91. The quantitative estimate of drug-likeness (QED) is 0.317. The molecule has 0 spiro atoms. The summed E-state index contributed by atoms with van der Waals surface area (Å²) < 4.78 is 16.3. The smallest absolute Gasteiger partial charge is 0.336 e. The molecule has 4 N–H and O–H groups in total. The van der Waals surface area contributed by atoms with Crippen LogP contribution in [0.4, 0.5) is 0 Å². The highest BCUT2D eigenvalue weighted by atomic mass is 16.5. The Morgan fingerprint density at radius 3 is 2.63 bits per heavy atom. The van der Waals surface area contributed by atoms with Crippen molar-refractivity contribution in [2.45, 2.75) is 38.1 Å². The summed E-state index contributed by atoms with van der Waals surface area (Å²) >= 11 is 0. The standard InChI is InChI=1S/C21H22O9/c1-11(20(25)26)7-12(22)9-21(2,27)17(23)10-29-19-13-3-4-18(24)30-16(13)8-15-14(19)5-6-28-15/h3-8,12,17,22-23,27H,9-10H2,1-2H3,(H,25,26)/b11-7+/t12-,17+,21-/m0/s1. The number of carboxylic acids is 1. The zero-order chi connectivity index (χ0) is 22.1. The summed E-state index contributed by atoms with van der Waals surface area (Å²) in [7, 11) is 0. The molecule has 0 fully saturated rings. The minimum absolute atomic E-state index is 0.0800. The van der Waals surface area contributed by atoms with Gasteiger partial charge in [-0.05, 0) is 32.1 Å². The van der Waals surface area contributed by atoms with Crippen LogP contribution in [0.1, 0.15) is 20.3 Å². The van der Waals surface area contributed by atoms with E-state index in [1.165, 1.54) is 32.2 Å². The van der Waals surface area contributed by atoms with Gasteiger partial charge in [-0.15, -0.1) is 0 Å². The molecule has 0 bridgehead atoms. The number of aliphatic carboxylic acids is 1. The van der Waals surface area contributed by atoms with Crippen LogP contribution in [-0.4, -0.2) is 50.8 Å². The Bertz CT molecular complexity index is 1150. The summed E-state index contributed by atoms with van der Waals surface area (Å²) in [6.45, 7) is 2.28. The molecule has 9 nitrogen and oxygen atoms in total. The fraction of sp³-hybridized carbons (Fsp3) is 0.333. The minimum atomic E-state index is -1.78. The lowest BCUT2D eigenvalue weighted by Gasteiger charge is -2.30. The van der Waals surface area contributed by atoms with Crippen LogP contribution in [0.15, 0.2) is 55.8 Å². The normalized spacial score (nSPS) is 16.4. The lowest BCUT2D eigenvalue weighted by molar-refractivity contribution is -0.132. The molecule has 30 heavy (non-hydrogen) atoms. The van der Waals surface area contributed by atoms with Gasteiger partial charge in [0.15, 0.2) is 0 Å². The second-order valence-electron chi connectivity index (χ2n) is 7.31. The monoisotopic (exact) mass is 418 g/mol. The Labute approximate surface area is 170 Å². The van der Waals surface area contributed by atoms with Crippen molar-refractivity contribution in [3.63, 3.8) is 0 Å². The Morgan fingerprint density at radius 2 is 1.93 bits per heavy atom. The van der Waals surface area contributed by atoms with Crippen LogP contribution in [0.3, 0.4) is 0 Å². The van der Waals surface area contributed by atoms with Crippen molar-refractivity contribution in [1.82, 2.24) is 0 Å². The number of carboxylic acid groups (broad SMARTS) is 1. The van der Waals surface area contributed by atoms with Gasteiger partial charge in [0.25, 0.3) is 0 Å². The van der Waals surface area contributed by atoms with Crippen molar-refractivity contribution in [1.29, 1.82) is 0 Å². The highest BCUT2D eigenvalue weighted by molar-refractivity contribution is 6.01. The van der Waals surface area contributed by atoms with Crippen molar-refractivity contribution in [3.05, 3.63) is 52.6 Å². The molecule has 3 atom stereocenters. The predicted octanol–water partition coefficient (Wildman–Crippen LogP) is 1.81. The van der Waals surface area contributed by atoms with E-state index in [-0.39, 0.29) is 24.2 Å². The zero-order valence-electron chi connectivity index (χ0n) is 16.4. The van der Waals surface area contributed by atoms with Crippen molar-refractivity contribution in [3.8, 4) is 5.75 Å². The molecule has 0 saturated carbocycles. The first-order chi connectivity index (χ1) is 14.1. The van der Waals surface area contributed by atoms with Gasteiger partial charge in [-0.2, -0.15) is 0 Å². The third-order valence-corrected chi connectivity index (χ3v) is 4.81. The molecule has 3 aromatic rings. The number of hydrogen-bond acceptors (Lipinski definition) is 8. The molecule has 0 aliphatic rings. The first-order valence-electron chi connectivity index (χ1n) is 9.15. The van der Waals surface area contributed by atoms with Gasteiger partial charge in [0.2, 0.25) is 0 Å². The van der Waals surface area contributed by atoms with Crippen LogP contribution in [0, 0.1) is 0 Å². The molecule has 2 heterocycles. The van der Waals surface area contributed by atoms with E-state index in [0.29, 0.717) is 22.1 Å². The van der Waals surface area contributed by atoms with E-state index in [9.17, 15) is 24.9 Å². The Hall–Kier alpha value is -3.14. The summed E-state index contributed by atoms with van der Waals surface area (Å²) in [6, 6.07) is 5.97. The molecule has 0 saturated heterocycles. The predicted molar refractivity (Wildman–Crippen MR) is 106 cm³/mol. The fourth-order valence-electron chi connectivity index (χ4n) is 3.09. The van der Waals surface area contributed by atoms with Crippen molar-refractivity contribution in [2.24, 2.45) is 0 Å². The molecule has 3 rings (SSSR count). The second kappa shape index (κ2) is 8.31. The van der Waals surface area contributed by atoms with E-state index in [1.807, 2.05) is 0 Å². The Kier molecular flexibility index (Phi) is 5.97. The van der Waals surface area contributed by atoms with Gasteiger partial charge in [-0.25, -0.2) is 9.59 Å². The number of aliphatic hydroxyl groups excluding tert-OH is 2. The van der Waals surface area contributed by atoms with Gasteiger partial charge in [0, 0.05) is 24.1 Å². The number of rotatable bonds is 8. The molecule has 0 aliphatic heterocycles. The van der Waals surface area contributed by atoms with Gasteiger partial charge in [0.05, 0.1) is 28.7 Å². The number of benzene rings is 1. The molecule has 0 unspecified atom stereocenters. The summed E-state index contributed by atoms with van der Waals surface area (Å²) in [5.41, 5.74) is -1.74. The van der Waals surface area contributed by atoms with Crippen LogP contribution in [0.25, 0.3) is 21.9 Å². The van der Waals surface area contributed by atoms with Gasteiger partial charge >= 0.3 is 11.6 Å². The summed E-state index contributed by atoms with van der Waals surface area (Å²) in [6.07, 6.45) is -0.481. The van der Waals surface area contributed by atoms with Gasteiger partial charge in [-0.3, -0.25) is 0 Å². The Balaban J connectivity index is 1.81. The average molecular weight is 418 g/mol. The number of hydrogen-bond donors (Lipinski definition) is 4. The summed E-state index contributed by atoms with van der Waals surface area (Å²) in [5.74, 6) is -0.888. The fourth-order valence-corrected chi connectivity index (χ4v) is 3.09. The molecule has 0 aliphatic carbocycles. The van der Waals surface area contributed by atoms with Crippen LogP contribution in [0.5, 0.6) is 5.75 Å². The lowest BCUT2D eigenvalue weighted by Crippen LogP contribution is -2.45. The largest absolute Gasteiger partial charge is 0.489 e. The van der Waals surface area contributed by atoms with Gasteiger partial charge in [-0.1, -0.05) is 0 Å². The highest BCUT2D eigenvalue weighted by Gasteiger charge is 2.33. The average Bonchev–Trinajstić information content (AvgIpc) is 3.12. The van der Waals surface area contributed by atoms with Gasteiger partial charge in [0.1, 0.15) is 29.6 Å². The third kappa shape index (κ3) is 4.54. The maximum Gasteiger partial charge on any atom is 0.336 e. The minimum Gasteiger partial charge on any atom is -0.489 e. The summed E-state index contributed by atoms with van der Waals surface area (Å²) in [4.78, 5) is 22.4.